The molecular weight excluding hydrogens is 303 g/mol. The maximum Gasteiger partial charge on any atom is 0.258 e. The van der Waals surface area contributed by atoms with Crippen molar-refractivity contribution in [2.45, 2.75) is 0 Å². The summed E-state index contributed by atoms with van der Waals surface area (Å²) in [7, 11) is 1.66. The molecule has 0 bridgehead atoms. The zero-order valence-corrected chi connectivity index (χ0v) is 11.0. The first-order chi connectivity index (χ1) is 8.49. The maximum absolute atomic E-state index is 12.9. The third-order valence-corrected chi connectivity index (χ3v) is 3.03. The van der Waals surface area contributed by atoms with Gasteiger partial charge < -0.3 is 11.1 Å². The van der Waals surface area contributed by atoms with Gasteiger partial charge in [0.1, 0.15) is 5.82 Å². The molecule has 7 heteroatoms. The number of nitrogens with zero attached hydrogens (tertiary/aromatic N) is 2. The van der Waals surface area contributed by atoms with Crippen molar-refractivity contribution < 1.29 is 9.18 Å². The number of amides is 1. The standard InChI is InChI=1S/C11H10BrFN4O/c1-17-10(9(14)5-15-17)16-11(18)7-3-2-6(13)4-8(7)12/h2-5H,14H2,1H3,(H,16,18). The number of anilines is 2. The van der Waals surface area contributed by atoms with Crippen LogP contribution in [0.1, 0.15) is 10.4 Å². The Morgan fingerprint density at radius 2 is 2.28 bits per heavy atom. The number of halogens is 2. The Morgan fingerprint density at radius 1 is 1.56 bits per heavy atom. The second-order valence-electron chi connectivity index (χ2n) is 3.65. The van der Waals surface area contributed by atoms with Crippen molar-refractivity contribution in [1.82, 2.24) is 9.78 Å². The Morgan fingerprint density at radius 3 is 2.83 bits per heavy atom. The minimum atomic E-state index is -0.418. The molecule has 1 heterocycles. The van der Waals surface area contributed by atoms with Gasteiger partial charge in [0.05, 0.1) is 17.4 Å². The lowest BCUT2D eigenvalue weighted by atomic mass is 10.2. The van der Waals surface area contributed by atoms with Crippen molar-refractivity contribution in [1.29, 1.82) is 0 Å². The Labute approximate surface area is 111 Å². The van der Waals surface area contributed by atoms with Gasteiger partial charge in [0.2, 0.25) is 0 Å². The number of benzene rings is 1. The van der Waals surface area contributed by atoms with E-state index in [0.717, 1.165) is 0 Å². The van der Waals surface area contributed by atoms with Gasteiger partial charge in [-0.05, 0) is 34.1 Å². The minimum Gasteiger partial charge on any atom is -0.394 e. The summed E-state index contributed by atoms with van der Waals surface area (Å²) < 4.78 is 14.7. The van der Waals surface area contributed by atoms with Gasteiger partial charge in [0.25, 0.3) is 5.91 Å². The summed E-state index contributed by atoms with van der Waals surface area (Å²) in [5.74, 6) is -0.410. The zero-order chi connectivity index (χ0) is 13.3. The molecule has 0 radical (unpaired) electrons. The van der Waals surface area contributed by atoms with E-state index in [1.165, 1.54) is 29.1 Å². The van der Waals surface area contributed by atoms with Crippen LogP contribution in [-0.2, 0) is 7.05 Å². The van der Waals surface area contributed by atoms with E-state index in [0.29, 0.717) is 21.5 Å². The predicted molar refractivity (Wildman–Crippen MR) is 69.7 cm³/mol. The van der Waals surface area contributed by atoms with Crippen molar-refractivity contribution in [3.05, 3.63) is 40.2 Å². The van der Waals surface area contributed by atoms with Gasteiger partial charge in [0.15, 0.2) is 5.82 Å². The van der Waals surface area contributed by atoms with Gasteiger partial charge >= 0.3 is 0 Å². The SMILES string of the molecule is Cn1ncc(N)c1NC(=O)c1ccc(F)cc1Br. The van der Waals surface area contributed by atoms with Crippen molar-refractivity contribution in [2.75, 3.05) is 11.1 Å². The number of carbonyl (C=O) groups excluding carboxylic acids is 1. The number of nitrogen functional groups attached to an aromatic ring is 1. The summed E-state index contributed by atoms with van der Waals surface area (Å²) in [5.41, 5.74) is 6.34. The number of carbonyl (C=O) groups is 1. The van der Waals surface area contributed by atoms with Gasteiger partial charge in [-0.3, -0.25) is 9.48 Å². The summed E-state index contributed by atoms with van der Waals surface area (Å²) in [4.78, 5) is 12.0. The van der Waals surface area contributed by atoms with Crippen LogP contribution in [0.2, 0.25) is 0 Å². The Bertz CT molecular complexity index is 592. The van der Waals surface area contributed by atoms with E-state index in [1.54, 1.807) is 7.05 Å². The van der Waals surface area contributed by atoms with E-state index in [9.17, 15) is 9.18 Å². The lowest BCUT2D eigenvalue weighted by Gasteiger charge is -2.08. The molecule has 0 unspecified atom stereocenters. The number of nitrogens with two attached hydrogens (primary N) is 1. The molecule has 0 spiro atoms. The number of aromatic nitrogens is 2. The number of nitrogens with one attached hydrogen (secondary N) is 1. The molecule has 0 aliphatic heterocycles. The smallest absolute Gasteiger partial charge is 0.258 e. The molecule has 5 nitrogen and oxygen atoms in total. The maximum atomic E-state index is 12.9. The molecule has 1 aromatic carbocycles. The number of hydrogen-bond donors (Lipinski definition) is 2. The van der Waals surface area contributed by atoms with Gasteiger partial charge in [-0.1, -0.05) is 0 Å². The van der Waals surface area contributed by atoms with Crippen LogP contribution >= 0.6 is 15.9 Å². The first-order valence-corrected chi connectivity index (χ1v) is 5.82. The Balaban J connectivity index is 2.28. The molecule has 1 aromatic heterocycles. The van der Waals surface area contributed by atoms with Gasteiger partial charge in [-0.2, -0.15) is 5.10 Å². The quantitative estimate of drug-likeness (QED) is 0.892. The van der Waals surface area contributed by atoms with E-state index in [1.807, 2.05) is 0 Å². The highest BCUT2D eigenvalue weighted by molar-refractivity contribution is 9.10. The van der Waals surface area contributed by atoms with Crippen LogP contribution in [-0.4, -0.2) is 15.7 Å². The summed E-state index contributed by atoms with van der Waals surface area (Å²) in [6, 6.07) is 3.83. The van der Waals surface area contributed by atoms with Crippen LogP contribution in [0.3, 0.4) is 0 Å². The molecule has 0 atom stereocenters. The Kier molecular flexibility index (Phi) is 3.33. The van der Waals surface area contributed by atoms with E-state index >= 15 is 0 Å². The summed E-state index contributed by atoms with van der Waals surface area (Å²) in [5, 5.41) is 6.52. The molecule has 94 valence electrons. The van der Waals surface area contributed by atoms with Crippen LogP contribution in [0, 0.1) is 5.82 Å². The van der Waals surface area contributed by atoms with Crippen LogP contribution in [0.4, 0.5) is 15.9 Å². The summed E-state index contributed by atoms with van der Waals surface area (Å²) >= 11 is 3.13. The van der Waals surface area contributed by atoms with Gasteiger partial charge in [-0.25, -0.2) is 4.39 Å². The second kappa shape index (κ2) is 4.77. The third-order valence-electron chi connectivity index (χ3n) is 2.37. The average Bonchev–Trinajstić information content (AvgIpc) is 2.60. The lowest BCUT2D eigenvalue weighted by molar-refractivity contribution is 0.102. The zero-order valence-electron chi connectivity index (χ0n) is 9.45. The van der Waals surface area contributed by atoms with Crippen molar-refractivity contribution in [3.63, 3.8) is 0 Å². The van der Waals surface area contributed by atoms with Crippen LogP contribution in [0.15, 0.2) is 28.9 Å². The minimum absolute atomic E-state index is 0.317. The molecule has 1 amide bonds. The second-order valence-corrected chi connectivity index (χ2v) is 4.50. The first-order valence-electron chi connectivity index (χ1n) is 5.03. The fourth-order valence-electron chi connectivity index (χ4n) is 1.46. The number of rotatable bonds is 2. The topological polar surface area (TPSA) is 72.9 Å². The monoisotopic (exact) mass is 312 g/mol. The largest absolute Gasteiger partial charge is 0.394 e. The fraction of sp³-hybridized carbons (Fsp3) is 0.0909. The van der Waals surface area contributed by atoms with Gasteiger partial charge in [-0.15, -0.1) is 0 Å². The predicted octanol–water partition coefficient (Wildman–Crippen LogP) is 2.16. The molecule has 18 heavy (non-hydrogen) atoms. The van der Waals surface area contributed by atoms with E-state index in [2.05, 4.69) is 26.3 Å². The lowest BCUT2D eigenvalue weighted by Crippen LogP contribution is -2.16. The van der Waals surface area contributed by atoms with Crippen LogP contribution in [0.25, 0.3) is 0 Å². The molecule has 0 fully saturated rings. The summed E-state index contributed by atoms with van der Waals surface area (Å²) in [6.45, 7) is 0. The van der Waals surface area contributed by atoms with Crippen LogP contribution in [0.5, 0.6) is 0 Å². The molecule has 0 saturated heterocycles. The highest BCUT2D eigenvalue weighted by Crippen LogP contribution is 2.21. The summed E-state index contributed by atoms with van der Waals surface area (Å²) in [6.07, 6.45) is 1.44. The molecule has 0 saturated carbocycles. The molecule has 3 N–H and O–H groups in total. The van der Waals surface area contributed by atoms with E-state index < -0.39 is 11.7 Å². The highest BCUT2D eigenvalue weighted by atomic mass is 79.9. The van der Waals surface area contributed by atoms with Crippen LogP contribution < -0.4 is 11.1 Å². The Hall–Kier alpha value is -1.89. The normalized spacial score (nSPS) is 10.4. The molecular formula is C11H10BrFN4O. The molecule has 0 aliphatic rings. The molecule has 2 aromatic rings. The fourth-order valence-corrected chi connectivity index (χ4v) is 1.99. The van der Waals surface area contributed by atoms with Gasteiger partial charge in [0, 0.05) is 11.5 Å². The number of hydrogen-bond acceptors (Lipinski definition) is 3. The first kappa shape index (κ1) is 12.6. The molecule has 2 rings (SSSR count). The molecule has 0 aliphatic carbocycles. The van der Waals surface area contributed by atoms with E-state index in [4.69, 9.17) is 5.73 Å². The van der Waals surface area contributed by atoms with Crippen molar-refractivity contribution >= 4 is 33.3 Å². The average molecular weight is 313 g/mol. The number of aryl methyl sites for hydroxylation is 1. The van der Waals surface area contributed by atoms with Crippen molar-refractivity contribution in [3.8, 4) is 0 Å². The van der Waals surface area contributed by atoms with Crippen molar-refractivity contribution in [2.24, 2.45) is 7.05 Å². The third kappa shape index (κ3) is 2.35. The highest BCUT2D eigenvalue weighted by Gasteiger charge is 2.14. The van der Waals surface area contributed by atoms with E-state index in [-0.39, 0.29) is 0 Å².